The van der Waals surface area contributed by atoms with Crippen LogP contribution < -0.4 is 0 Å². The van der Waals surface area contributed by atoms with Crippen LogP contribution in [-0.2, 0) is 6.18 Å². The van der Waals surface area contributed by atoms with Gasteiger partial charge in [0, 0.05) is 11.3 Å². The van der Waals surface area contributed by atoms with E-state index in [0.717, 1.165) is 5.38 Å². The first-order chi connectivity index (χ1) is 9.59. The number of carbonyl (C=O) groups excluding carboxylic acids is 1. The van der Waals surface area contributed by atoms with Gasteiger partial charge in [-0.05, 0) is 25.7 Å². The molecule has 0 bridgehead atoms. The number of ketones is 1. The molecule has 0 unspecified atom stereocenters. The quantitative estimate of drug-likeness (QED) is 0.580. The molecule has 1 heterocycles. The maximum absolute atomic E-state index is 12.5. The number of aromatic nitrogens is 1. The smallest absolute Gasteiger partial charge is 0.292 e. The van der Waals surface area contributed by atoms with E-state index >= 15 is 0 Å². The summed E-state index contributed by atoms with van der Waals surface area (Å²) in [6.07, 6.45) is -9.18. The average Bonchev–Trinajstić information content (AvgIpc) is 2.86. The molecular formula is C12H11F6NOS. The maximum Gasteiger partial charge on any atom is 0.443 e. The number of rotatable bonds is 2. The second-order valence-electron chi connectivity index (χ2n) is 4.99. The third kappa shape index (κ3) is 3.75. The molecule has 1 fully saturated rings. The Kier molecular flexibility index (Phi) is 4.32. The molecule has 1 aliphatic carbocycles. The largest absolute Gasteiger partial charge is 0.443 e. The zero-order chi connectivity index (χ0) is 15.8. The van der Waals surface area contributed by atoms with Crippen LogP contribution in [0.25, 0.3) is 0 Å². The van der Waals surface area contributed by atoms with Crippen molar-refractivity contribution in [1.82, 2.24) is 4.98 Å². The number of alkyl halides is 6. The van der Waals surface area contributed by atoms with Gasteiger partial charge in [0.2, 0.25) is 0 Å². The van der Waals surface area contributed by atoms with E-state index in [1.165, 1.54) is 0 Å². The van der Waals surface area contributed by atoms with E-state index in [4.69, 9.17) is 0 Å². The molecule has 0 saturated heterocycles. The fraction of sp³-hybridized carbons (Fsp3) is 0.667. The third-order valence-corrected chi connectivity index (χ3v) is 4.45. The molecule has 0 spiro atoms. The summed E-state index contributed by atoms with van der Waals surface area (Å²) in [4.78, 5) is 15.2. The lowest BCUT2D eigenvalue weighted by atomic mass is 9.79. The number of hydrogen-bond acceptors (Lipinski definition) is 3. The topological polar surface area (TPSA) is 30.0 Å². The minimum atomic E-state index is -4.61. The van der Waals surface area contributed by atoms with Crippen molar-refractivity contribution in [2.75, 3.05) is 0 Å². The van der Waals surface area contributed by atoms with Gasteiger partial charge in [-0.2, -0.15) is 26.3 Å². The molecule has 9 heteroatoms. The second kappa shape index (κ2) is 5.58. The molecule has 1 aliphatic rings. The van der Waals surface area contributed by atoms with Gasteiger partial charge in [-0.1, -0.05) is 0 Å². The summed E-state index contributed by atoms with van der Waals surface area (Å²) in [7, 11) is 0. The van der Waals surface area contributed by atoms with Crippen molar-refractivity contribution in [3.05, 3.63) is 16.1 Å². The van der Waals surface area contributed by atoms with Gasteiger partial charge < -0.3 is 0 Å². The van der Waals surface area contributed by atoms with Crippen molar-refractivity contribution >= 4 is 17.1 Å². The van der Waals surface area contributed by atoms with Crippen LogP contribution in [0.15, 0.2) is 5.38 Å². The zero-order valence-corrected chi connectivity index (χ0v) is 11.4. The SMILES string of the molecule is O=C(c1csc(C(F)(F)F)n1)[C@H]1CC[C@H](C(F)(F)F)CC1. The highest BCUT2D eigenvalue weighted by atomic mass is 32.1. The molecule has 2 rings (SSSR count). The van der Waals surface area contributed by atoms with Gasteiger partial charge in [-0.15, -0.1) is 11.3 Å². The van der Waals surface area contributed by atoms with Crippen LogP contribution >= 0.6 is 11.3 Å². The highest BCUT2D eigenvalue weighted by molar-refractivity contribution is 7.10. The number of carbonyl (C=O) groups is 1. The Bertz CT molecular complexity index is 513. The summed E-state index contributed by atoms with van der Waals surface area (Å²) in [5.74, 6) is -2.70. The fourth-order valence-electron chi connectivity index (χ4n) is 2.41. The molecule has 118 valence electrons. The zero-order valence-electron chi connectivity index (χ0n) is 10.6. The van der Waals surface area contributed by atoms with Crippen molar-refractivity contribution in [3.63, 3.8) is 0 Å². The highest BCUT2D eigenvalue weighted by Crippen LogP contribution is 2.40. The van der Waals surface area contributed by atoms with Crippen LogP contribution in [0.1, 0.15) is 41.2 Å². The first-order valence-corrected chi connectivity index (χ1v) is 7.10. The molecule has 0 atom stereocenters. The third-order valence-electron chi connectivity index (χ3n) is 3.56. The number of Topliss-reactive ketones (excluding diaryl/α,β-unsaturated/α-hetero) is 1. The Morgan fingerprint density at radius 3 is 2.10 bits per heavy atom. The van der Waals surface area contributed by atoms with Crippen molar-refractivity contribution in [2.24, 2.45) is 11.8 Å². The minimum absolute atomic E-state index is 0.0297. The summed E-state index contributed by atoms with van der Waals surface area (Å²) >= 11 is 0.317. The van der Waals surface area contributed by atoms with E-state index in [1.807, 2.05) is 0 Å². The van der Waals surface area contributed by atoms with Gasteiger partial charge in [0.25, 0.3) is 0 Å². The Morgan fingerprint density at radius 1 is 1.10 bits per heavy atom. The summed E-state index contributed by atoms with van der Waals surface area (Å²) in [6.45, 7) is 0. The van der Waals surface area contributed by atoms with Gasteiger partial charge >= 0.3 is 12.4 Å². The first-order valence-electron chi connectivity index (χ1n) is 6.22. The summed E-state index contributed by atoms with van der Waals surface area (Å²) < 4.78 is 74.7. The van der Waals surface area contributed by atoms with Crippen LogP contribution in [0.5, 0.6) is 0 Å². The summed E-state index contributed by atoms with van der Waals surface area (Å²) in [5.41, 5.74) is -0.303. The molecule has 1 saturated carbocycles. The van der Waals surface area contributed by atoms with Gasteiger partial charge in [0.15, 0.2) is 10.8 Å². The lowest BCUT2D eigenvalue weighted by Crippen LogP contribution is -2.30. The monoisotopic (exact) mass is 331 g/mol. The fourth-order valence-corrected chi connectivity index (χ4v) is 3.09. The predicted molar refractivity (Wildman–Crippen MR) is 62.9 cm³/mol. The average molecular weight is 331 g/mol. The lowest BCUT2D eigenvalue weighted by molar-refractivity contribution is -0.183. The van der Waals surface area contributed by atoms with Crippen LogP contribution in [0.3, 0.4) is 0 Å². The number of hydrogen-bond donors (Lipinski definition) is 0. The molecule has 21 heavy (non-hydrogen) atoms. The van der Waals surface area contributed by atoms with Crippen molar-refractivity contribution in [1.29, 1.82) is 0 Å². The summed E-state index contributed by atoms with van der Waals surface area (Å²) in [6, 6.07) is 0. The first kappa shape index (κ1) is 16.3. The maximum atomic E-state index is 12.5. The second-order valence-corrected chi connectivity index (χ2v) is 5.85. The van der Waals surface area contributed by atoms with Crippen molar-refractivity contribution < 1.29 is 31.1 Å². The van der Waals surface area contributed by atoms with Crippen LogP contribution in [0.4, 0.5) is 26.3 Å². The molecule has 1 aromatic heterocycles. The number of nitrogens with zero attached hydrogens (tertiary/aromatic N) is 1. The van der Waals surface area contributed by atoms with Crippen LogP contribution in [0, 0.1) is 11.8 Å². The van der Waals surface area contributed by atoms with Gasteiger partial charge in [0.05, 0.1) is 5.92 Å². The number of halogens is 6. The molecule has 0 aromatic carbocycles. The van der Waals surface area contributed by atoms with E-state index in [1.54, 1.807) is 0 Å². The van der Waals surface area contributed by atoms with Gasteiger partial charge in [-0.25, -0.2) is 4.98 Å². The minimum Gasteiger partial charge on any atom is -0.292 e. The molecule has 0 radical (unpaired) electrons. The van der Waals surface area contributed by atoms with Crippen LogP contribution in [0.2, 0.25) is 0 Å². The highest BCUT2D eigenvalue weighted by Gasteiger charge is 2.43. The van der Waals surface area contributed by atoms with E-state index in [2.05, 4.69) is 4.98 Å². The molecule has 0 N–H and O–H groups in total. The van der Waals surface area contributed by atoms with Crippen molar-refractivity contribution in [2.45, 2.75) is 38.0 Å². The van der Waals surface area contributed by atoms with Crippen LogP contribution in [-0.4, -0.2) is 16.9 Å². The van der Waals surface area contributed by atoms with E-state index < -0.39 is 35.0 Å². The normalized spacial score (nSPS) is 24.1. The molecule has 0 amide bonds. The summed E-state index contributed by atoms with van der Waals surface area (Å²) in [5, 5.41) is -0.101. The molecule has 1 aromatic rings. The molecule has 2 nitrogen and oxygen atoms in total. The van der Waals surface area contributed by atoms with Crippen molar-refractivity contribution in [3.8, 4) is 0 Å². The molecular weight excluding hydrogens is 320 g/mol. The van der Waals surface area contributed by atoms with Gasteiger partial charge in [-0.3, -0.25) is 4.79 Å². The van der Waals surface area contributed by atoms with E-state index in [9.17, 15) is 31.1 Å². The predicted octanol–water partition coefficient (Wildman–Crippen LogP) is 4.71. The lowest BCUT2D eigenvalue weighted by Gasteiger charge is -2.28. The van der Waals surface area contributed by atoms with Gasteiger partial charge in [0.1, 0.15) is 5.69 Å². The van der Waals surface area contributed by atoms with E-state index in [0.29, 0.717) is 11.3 Å². The molecule has 0 aliphatic heterocycles. The standard InChI is InChI=1S/C12H11F6NOS/c13-11(14,15)7-3-1-6(2-4-7)9(20)8-5-21-10(19-8)12(16,17)18/h5-7H,1-4H2/t6-,7-. The number of thiazole rings is 1. The Hall–Kier alpha value is -1.12. The Labute approximate surface area is 120 Å². The van der Waals surface area contributed by atoms with E-state index in [-0.39, 0.29) is 31.4 Å². The Morgan fingerprint density at radius 2 is 1.67 bits per heavy atom. The Balaban J connectivity index is 2.01.